The lowest BCUT2D eigenvalue weighted by molar-refractivity contribution is -0.110. The van der Waals surface area contributed by atoms with Crippen molar-refractivity contribution in [2.75, 3.05) is 13.1 Å². The molecule has 0 spiro atoms. The number of aldehydes is 2. The van der Waals surface area contributed by atoms with Crippen molar-refractivity contribution in [1.29, 1.82) is 0 Å². The third-order valence-corrected chi connectivity index (χ3v) is 1.15. The average Bonchev–Trinajstić information content (AvgIpc) is 1.87. The molecule has 0 amide bonds. The fraction of sp³-hybridized carbons (Fsp3) is 0.600. The molecule has 56 valence electrons. The Labute approximate surface area is 60.0 Å². The summed E-state index contributed by atoms with van der Waals surface area (Å²) in [6.45, 7) is 1.69. The normalized spacial score (nSPS) is 9.50. The van der Waals surface area contributed by atoms with Crippen LogP contribution in [0.25, 0.3) is 0 Å². The van der Waals surface area contributed by atoms with Crippen molar-refractivity contribution >= 4 is 19.6 Å². The summed E-state index contributed by atoms with van der Waals surface area (Å²) in [5.74, 6) is 0. The number of hydrogen-bond donors (Lipinski definition) is 1. The summed E-state index contributed by atoms with van der Waals surface area (Å²) in [6.07, 6.45) is 1.30. The van der Waals surface area contributed by atoms with Gasteiger partial charge in [-0.1, -0.05) is 0 Å². The zero-order valence-corrected chi connectivity index (χ0v) is 5.86. The number of nitrogens with zero attached hydrogens (tertiary/aromatic N) is 1. The van der Waals surface area contributed by atoms with E-state index in [0.717, 1.165) is 0 Å². The standard InChI is InChI=1S/C5H10BNO3/c1-6(10)7(2-4-8)3-5-9/h4-5,10H,2-3H2,1H3. The Bertz CT molecular complexity index is 107. The van der Waals surface area contributed by atoms with Crippen LogP contribution in [0.15, 0.2) is 0 Å². The summed E-state index contributed by atoms with van der Waals surface area (Å²) in [6, 6.07) is 0. The van der Waals surface area contributed by atoms with Crippen LogP contribution in [0.4, 0.5) is 0 Å². The van der Waals surface area contributed by atoms with Gasteiger partial charge in [-0.2, -0.15) is 0 Å². The maximum atomic E-state index is 9.93. The fourth-order valence-corrected chi connectivity index (χ4v) is 0.571. The topological polar surface area (TPSA) is 57.6 Å². The Hall–Kier alpha value is -0.675. The number of carbonyl (C=O) groups is 2. The molecule has 0 saturated carbocycles. The van der Waals surface area contributed by atoms with E-state index in [0.29, 0.717) is 12.6 Å². The van der Waals surface area contributed by atoms with Crippen molar-refractivity contribution in [3.05, 3.63) is 0 Å². The first-order valence-electron chi connectivity index (χ1n) is 3.01. The minimum absolute atomic E-state index is 0.0937. The minimum atomic E-state index is -0.740. The molecular weight excluding hydrogens is 133 g/mol. The molecule has 0 aliphatic heterocycles. The van der Waals surface area contributed by atoms with Gasteiger partial charge in [-0.25, -0.2) is 0 Å². The van der Waals surface area contributed by atoms with E-state index in [-0.39, 0.29) is 13.1 Å². The molecule has 0 aliphatic rings. The SMILES string of the molecule is CB(O)N(CC=O)CC=O. The number of carbonyl (C=O) groups excluding carboxylic acids is 2. The molecule has 0 radical (unpaired) electrons. The molecule has 4 nitrogen and oxygen atoms in total. The zero-order chi connectivity index (χ0) is 7.98. The monoisotopic (exact) mass is 143 g/mol. The van der Waals surface area contributed by atoms with Crippen molar-refractivity contribution in [1.82, 2.24) is 4.81 Å². The van der Waals surface area contributed by atoms with Crippen molar-refractivity contribution < 1.29 is 14.6 Å². The second-order valence-electron chi connectivity index (χ2n) is 1.92. The molecule has 0 atom stereocenters. The third-order valence-electron chi connectivity index (χ3n) is 1.15. The maximum Gasteiger partial charge on any atom is 0.377 e. The second kappa shape index (κ2) is 5.14. The van der Waals surface area contributed by atoms with E-state index in [2.05, 4.69) is 0 Å². The van der Waals surface area contributed by atoms with Crippen molar-refractivity contribution in [2.24, 2.45) is 0 Å². The quantitative estimate of drug-likeness (QED) is 0.387. The molecule has 0 saturated heterocycles. The summed E-state index contributed by atoms with van der Waals surface area (Å²) in [5.41, 5.74) is 0. The maximum absolute atomic E-state index is 9.93. The first kappa shape index (κ1) is 9.32. The highest BCUT2D eigenvalue weighted by Gasteiger charge is 2.13. The largest absolute Gasteiger partial charge is 0.437 e. The van der Waals surface area contributed by atoms with Crippen LogP contribution in [0, 0.1) is 0 Å². The predicted octanol–water partition coefficient (Wildman–Crippen LogP) is -1.20. The molecule has 0 heterocycles. The van der Waals surface area contributed by atoms with Gasteiger partial charge in [0.1, 0.15) is 12.6 Å². The molecule has 0 aliphatic carbocycles. The van der Waals surface area contributed by atoms with Crippen LogP contribution >= 0.6 is 0 Å². The van der Waals surface area contributed by atoms with Gasteiger partial charge in [-0.15, -0.1) is 0 Å². The zero-order valence-electron chi connectivity index (χ0n) is 5.86. The third kappa shape index (κ3) is 3.37. The van der Waals surface area contributed by atoms with Gasteiger partial charge < -0.3 is 19.4 Å². The van der Waals surface area contributed by atoms with Gasteiger partial charge in [0.05, 0.1) is 0 Å². The van der Waals surface area contributed by atoms with Gasteiger partial charge >= 0.3 is 7.05 Å². The summed E-state index contributed by atoms with van der Waals surface area (Å²) >= 11 is 0. The van der Waals surface area contributed by atoms with Gasteiger partial charge in [0.2, 0.25) is 0 Å². The van der Waals surface area contributed by atoms with Gasteiger partial charge in [0.15, 0.2) is 0 Å². The van der Waals surface area contributed by atoms with Crippen LogP contribution in [0.2, 0.25) is 6.82 Å². The molecule has 5 heteroatoms. The van der Waals surface area contributed by atoms with Gasteiger partial charge in [0, 0.05) is 13.1 Å². The Morgan fingerprint density at radius 2 is 1.80 bits per heavy atom. The van der Waals surface area contributed by atoms with Crippen LogP contribution in [-0.4, -0.2) is 42.5 Å². The van der Waals surface area contributed by atoms with Crippen LogP contribution < -0.4 is 0 Å². The molecule has 0 unspecified atom stereocenters. The van der Waals surface area contributed by atoms with Gasteiger partial charge in [0.25, 0.3) is 0 Å². The van der Waals surface area contributed by atoms with E-state index in [1.807, 2.05) is 0 Å². The molecule has 0 aromatic rings. The predicted molar refractivity (Wildman–Crippen MR) is 37.5 cm³/mol. The Kier molecular flexibility index (Phi) is 4.79. The van der Waals surface area contributed by atoms with Crippen molar-refractivity contribution in [2.45, 2.75) is 6.82 Å². The Morgan fingerprint density at radius 3 is 2.00 bits per heavy atom. The molecule has 0 bridgehead atoms. The first-order valence-corrected chi connectivity index (χ1v) is 3.01. The minimum Gasteiger partial charge on any atom is -0.437 e. The lowest BCUT2D eigenvalue weighted by Gasteiger charge is -2.15. The highest BCUT2D eigenvalue weighted by atomic mass is 16.2. The van der Waals surface area contributed by atoms with Crippen LogP contribution in [0.1, 0.15) is 0 Å². The summed E-state index contributed by atoms with van der Waals surface area (Å²) in [7, 11) is -0.740. The average molecular weight is 143 g/mol. The molecule has 0 aromatic heterocycles. The highest BCUT2D eigenvalue weighted by Crippen LogP contribution is 1.86. The van der Waals surface area contributed by atoms with E-state index >= 15 is 0 Å². The smallest absolute Gasteiger partial charge is 0.377 e. The fourth-order valence-electron chi connectivity index (χ4n) is 0.571. The Morgan fingerprint density at radius 1 is 1.40 bits per heavy atom. The summed E-state index contributed by atoms with van der Waals surface area (Å²) in [4.78, 5) is 21.2. The van der Waals surface area contributed by atoms with Crippen molar-refractivity contribution in [3.63, 3.8) is 0 Å². The van der Waals surface area contributed by atoms with Crippen LogP contribution in [-0.2, 0) is 9.59 Å². The lowest BCUT2D eigenvalue weighted by atomic mass is 9.85. The number of hydrogen-bond acceptors (Lipinski definition) is 4. The van der Waals surface area contributed by atoms with E-state index in [9.17, 15) is 9.59 Å². The summed E-state index contributed by atoms with van der Waals surface area (Å²) in [5, 5.41) is 8.88. The molecule has 0 aromatic carbocycles. The molecule has 0 rings (SSSR count). The molecule has 10 heavy (non-hydrogen) atoms. The van der Waals surface area contributed by atoms with E-state index in [4.69, 9.17) is 5.02 Å². The highest BCUT2D eigenvalue weighted by molar-refractivity contribution is 6.45. The van der Waals surface area contributed by atoms with Gasteiger partial charge in [-0.3, -0.25) is 0 Å². The molecular formula is C5H10BNO3. The van der Waals surface area contributed by atoms with Gasteiger partial charge in [-0.05, 0) is 6.82 Å². The molecule has 0 fully saturated rings. The first-order chi connectivity index (χ1) is 4.72. The lowest BCUT2D eigenvalue weighted by Crippen LogP contribution is -2.39. The summed E-state index contributed by atoms with van der Waals surface area (Å²) < 4.78 is 0. The van der Waals surface area contributed by atoms with E-state index in [1.165, 1.54) is 11.6 Å². The Balaban J connectivity index is 3.70. The van der Waals surface area contributed by atoms with Crippen LogP contribution in [0.3, 0.4) is 0 Å². The number of rotatable bonds is 5. The second-order valence-corrected chi connectivity index (χ2v) is 1.92. The van der Waals surface area contributed by atoms with Crippen molar-refractivity contribution in [3.8, 4) is 0 Å². The molecule has 1 N–H and O–H groups in total. The van der Waals surface area contributed by atoms with Crippen LogP contribution in [0.5, 0.6) is 0 Å². The van der Waals surface area contributed by atoms with E-state index in [1.54, 1.807) is 0 Å². The van der Waals surface area contributed by atoms with E-state index < -0.39 is 7.05 Å².